The second-order valence-corrected chi connectivity index (χ2v) is 8.74. The highest BCUT2D eigenvalue weighted by atomic mass is 16.5. The van der Waals surface area contributed by atoms with Crippen LogP contribution in [0.4, 0.5) is 0 Å². The molecular weight excluding hydrogens is 318 g/mol. The van der Waals surface area contributed by atoms with Gasteiger partial charge in [0.05, 0.1) is 5.60 Å². The Kier molecular flexibility index (Phi) is 5.55. The summed E-state index contributed by atoms with van der Waals surface area (Å²) in [5.41, 5.74) is 11.9. The standard InChI is InChI=1S/C24H33NO/c1-18-8-10-21(11-9-18)24(14-15-26-23(3,4)17-24)13-12-22(25)20-7-5-6-19(2)16-20/h5-11,16,22H,12-15,17,25H2,1-4H3. The van der Waals surface area contributed by atoms with E-state index in [1.165, 1.54) is 22.3 Å². The molecule has 1 aliphatic rings. The van der Waals surface area contributed by atoms with Crippen molar-refractivity contribution in [2.24, 2.45) is 5.73 Å². The van der Waals surface area contributed by atoms with Crippen LogP contribution in [0, 0.1) is 13.8 Å². The van der Waals surface area contributed by atoms with E-state index in [4.69, 9.17) is 10.5 Å². The molecule has 2 unspecified atom stereocenters. The first-order chi connectivity index (χ1) is 12.3. The summed E-state index contributed by atoms with van der Waals surface area (Å²) in [5, 5.41) is 0. The van der Waals surface area contributed by atoms with E-state index in [0.717, 1.165) is 32.3 Å². The van der Waals surface area contributed by atoms with Gasteiger partial charge in [-0.3, -0.25) is 0 Å². The number of hydrogen-bond acceptors (Lipinski definition) is 2. The first kappa shape index (κ1) is 19.1. The van der Waals surface area contributed by atoms with Gasteiger partial charge in [-0.05, 0) is 64.5 Å². The fraction of sp³-hybridized carbons (Fsp3) is 0.500. The molecule has 1 fully saturated rings. The minimum absolute atomic E-state index is 0.0863. The number of hydrogen-bond donors (Lipinski definition) is 1. The van der Waals surface area contributed by atoms with Crippen molar-refractivity contribution >= 4 is 0 Å². The van der Waals surface area contributed by atoms with Crippen LogP contribution in [0.15, 0.2) is 48.5 Å². The first-order valence-corrected chi connectivity index (χ1v) is 9.83. The summed E-state index contributed by atoms with van der Waals surface area (Å²) >= 11 is 0. The lowest BCUT2D eigenvalue weighted by Crippen LogP contribution is -2.44. The van der Waals surface area contributed by atoms with Crippen molar-refractivity contribution in [1.82, 2.24) is 0 Å². The van der Waals surface area contributed by atoms with Crippen LogP contribution >= 0.6 is 0 Å². The van der Waals surface area contributed by atoms with E-state index >= 15 is 0 Å². The van der Waals surface area contributed by atoms with Crippen molar-refractivity contribution in [3.05, 3.63) is 70.8 Å². The molecule has 2 nitrogen and oxygen atoms in total. The highest BCUT2D eigenvalue weighted by molar-refractivity contribution is 5.31. The molecule has 0 aliphatic carbocycles. The number of rotatable bonds is 5. The molecule has 3 rings (SSSR count). The lowest BCUT2D eigenvalue weighted by molar-refractivity contribution is -0.0847. The Hall–Kier alpha value is -1.64. The Balaban J connectivity index is 1.83. The molecular formula is C24H33NO. The second kappa shape index (κ2) is 7.54. The summed E-state index contributed by atoms with van der Waals surface area (Å²) in [6, 6.07) is 17.8. The van der Waals surface area contributed by atoms with E-state index in [0.29, 0.717) is 0 Å². The second-order valence-electron chi connectivity index (χ2n) is 8.74. The number of benzene rings is 2. The van der Waals surface area contributed by atoms with E-state index in [-0.39, 0.29) is 17.1 Å². The lowest BCUT2D eigenvalue weighted by atomic mass is 9.66. The third-order valence-electron chi connectivity index (χ3n) is 5.91. The smallest absolute Gasteiger partial charge is 0.0635 e. The van der Waals surface area contributed by atoms with Crippen LogP contribution in [0.1, 0.15) is 67.8 Å². The lowest BCUT2D eigenvalue weighted by Gasteiger charge is -2.46. The van der Waals surface area contributed by atoms with Crippen LogP contribution in [0.25, 0.3) is 0 Å². The molecule has 2 aromatic rings. The predicted octanol–water partition coefficient (Wildman–Crippen LogP) is 5.61. The first-order valence-electron chi connectivity index (χ1n) is 9.83. The average molecular weight is 352 g/mol. The van der Waals surface area contributed by atoms with Crippen molar-refractivity contribution in [3.8, 4) is 0 Å². The zero-order chi connectivity index (χ0) is 18.8. The van der Waals surface area contributed by atoms with Crippen LogP contribution in [0.5, 0.6) is 0 Å². The summed E-state index contributed by atoms with van der Waals surface area (Å²) < 4.78 is 6.04. The fourth-order valence-electron chi connectivity index (χ4n) is 4.49. The Bertz CT molecular complexity index is 734. The molecule has 1 saturated heterocycles. The molecule has 0 bridgehead atoms. The van der Waals surface area contributed by atoms with Gasteiger partial charge in [-0.1, -0.05) is 59.7 Å². The highest BCUT2D eigenvalue weighted by Gasteiger charge is 2.42. The maximum absolute atomic E-state index is 6.58. The van der Waals surface area contributed by atoms with Crippen molar-refractivity contribution in [1.29, 1.82) is 0 Å². The quantitative estimate of drug-likeness (QED) is 0.760. The van der Waals surface area contributed by atoms with Crippen molar-refractivity contribution in [2.75, 3.05) is 6.61 Å². The van der Waals surface area contributed by atoms with E-state index in [1.807, 2.05) is 0 Å². The van der Waals surface area contributed by atoms with Gasteiger partial charge in [-0.25, -0.2) is 0 Å². The SMILES string of the molecule is Cc1ccc(C2(CCC(N)c3cccc(C)c3)CCOC(C)(C)C2)cc1. The predicted molar refractivity (Wildman–Crippen MR) is 109 cm³/mol. The molecule has 0 amide bonds. The van der Waals surface area contributed by atoms with Crippen molar-refractivity contribution in [3.63, 3.8) is 0 Å². The summed E-state index contributed by atoms with van der Waals surface area (Å²) in [6.45, 7) is 9.54. The van der Waals surface area contributed by atoms with Gasteiger partial charge >= 0.3 is 0 Å². The Morgan fingerprint density at radius 3 is 2.42 bits per heavy atom. The summed E-state index contributed by atoms with van der Waals surface area (Å²) in [5.74, 6) is 0. The molecule has 1 aliphatic heterocycles. The normalized spacial score (nSPS) is 23.6. The summed E-state index contributed by atoms with van der Waals surface area (Å²) in [7, 11) is 0. The molecule has 2 N–H and O–H groups in total. The molecule has 0 saturated carbocycles. The van der Waals surface area contributed by atoms with Crippen LogP contribution in [0.3, 0.4) is 0 Å². The molecule has 0 aromatic heterocycles. The maximum Gasteiger partial charge on any atom is 0.0635 e. The van der Waals surface area contributed by atoms with Gasteiger partial charge in [0.1, 0.15) is 0 Å². The Morgan fingerprint density at radius 1 is 1.04 bits per heavy atom. The molecule has 140 valence electrons. The molecule has 26 heavy (non-hydrogen) atoms. The van der Waals surface area contributed by atoms with Gasteiger partial charge in [0, 0.05) is 18.1 Å². The topological polar surface area (TPSA) is 35.2 Å². The zero-order valence-corrected chi connectivity index (χ0v) is 16.7. The van der Waals surface area contributed by atoms with E-state index in [2.05, 4.69) is 76.2 Å². The Labute approximate surface area is 158 Å². The highest BCUT2D eigenvalue weighted by Crippen LogP contribution is 2.45. The zero-order valence-electron chi connectivity index (χ0n) is 16.7. The van der Waals surface area contributed by atoms with Gasteiger partial charge in [-0.2, -0.15) is 0 Å². The van der Waals surface area contributed by atoms with Gasteiger partial charge in [-0.15, -0.1) is 0 Å². The molecule has 2 heteroatoms. The average Bonchev–Trinajstić information content (AvgIpc) is 2.59. The molecule has 2 aromatic carbocycles. The number of ether oxygens (including phenoxy) is 1. The van der Waals surface area contributed by atoms with E-state index < -0.39 is 0 Å². The molecule has 0 spiro atoms. The van der Waals surface area contributed by atoms with E-state index in [9.17, 15) is 0 Å². The summed E-state index contributed by atoms with van der Waals surface area (Å²) in [4.78, 5) is 0. The minimum atomic E-state index is -0.0867. The molecule has 1 heterocycles. The number of nitrogens with two attached hydrogens (primary N) is 1. The Morgan fingerprint density at radius 2 is 1.77 bits per heavy atom. The largest absolute Gasteiger partial charge is 0.376 e. The van der Waals surface area contributed by atoms with Gasteiger partial charge in [0.15, 0.2) is 0 Å². The van der Waals surface area contributed by atoms with Crippen LogP contribution in [0.2, 0.25) is 0 Å². The monoisotopic (exact) mass is 351 g/mol. The maximum atomic E-state index is 6.58. The fourth-order valence-corrected chi connectivity index (χ4v) is 4.49. The molecule has 2 atom stereocenters. The third kappa shape index (κ3) is 4.36. The van der Waals surface area contributed by atoms with Crippen LogP contribution in [-0.4, -0.2) is 12.2 Å². The van der Waals surface area contributed by atoms with E-state index in [1.54, 1.807) is 0 Å². The van der Waals surface area contributed by atoms with Crippen molar-refractivity contribution < 1.29 is 4.74 Å². The molecule has 0 radical (unpaired) electrons. The van der Waals surface area contributed by atoms with Crippen LogP contribution < -0.4 is 5.73 Å². The van der Waals surface area contributed by atoms with Gasteiger partial charge < -0.3 is 10.5 Å². The third-order valence-corrected chi connectivity index (χ3v) is 5.91. The minimum Gasteiger partial charge on any atom is -0.376 e. The number of aryl methyl sites for hydroxylation is 2. The van der Waals surface area contributed by atoms with Crippen molar-refractivity contribution in [2.45, 2.75) is 70.4 Å². The summed E-state index contributed by atoms with van der Waals surface area (Å²) in [6.07, 6.45) is 4.20. The van der Waals surface area contributed by atoms with Crippen LogP contribution in [-0.2, 0) is 10.2 Å². The van der Waals surface area contributed by atoms with Gasteiger partial charge in [0.25, 0.3) is 0 Å². The van der Waals surface area contributed by atoms with Gasteiger partial charge in [0.2, 0.25) is 0 Å².